The van der Waals surface area contributed by atoms with Crippen LogP contribution in [0.5, 0.6) is 0 Å². The molecular weight excluding hydrogens is 300 g/mol. The SMILES string of the molecule is C/C(=N/NC(=S)NCCC(C)C)c1nc2ccccc2s1. The first-order valence-corrected chi connectivity index (χ1v) is 8.23. The highest BCUT2D eigenvalue weighted by Crippen LogP contribution is 2.21. The molecule has 0 radical (unpaired) electrons. The highest BCUT2D eigenvalue weighted by Gasteiger charge is 2.06. The Morgan fingerprint density at radius 2 is 2.14 bits per heavy atom. The quantitative estimate of drug-likeness (QED) is 0.503. The number of hydrogen-bond acceptors (Lipinski definition) is 4. The Labute approximate surface area is 134 Å². The van der Waals surface area contributed by atoms with Gasteiger partial charge in [-0.2, -0.15) is 5.10 Å². The van der Waals surface area contributed by atoms with Gasteiger partial charge < -0.3 is 5.32 Å². The van der Waals surface area contributed by atoms with Crippen molar-refractivity contribution >= 4 is 44.6 Å². The maximum absolute atomic E-state index is 5.19. The lowest BCUT2D eigenvalue weighted by atomic mass is 10.1. The zero-order valence-electron chi connectivity index (χ0n) is 12.5. The fraction of sp³-hybridized carbons (Fsp3) is 0.400. The first kappa shape index (κ1) is 15.9. The minimum atomic E-state index is 0.552. The number of fused-ring (bicyclic) bond motifs is 1. The van der Waals surface area contributed by atoms with E-state index >= 15 is 0 Å². The zero-order valence-corrected chi connectivity index (χ0v) is 14.1. The number of aromatic nitrogens is 1. The van der Waals surface area contributed by atoms with Crippen LogP contribution in [0.2, 0.25) is 0 Å². The van der Waals surface area contributed by atoms with E-state index in [1.165, 1.54) is 4.70 Å². The molecule has 0 saturated heterocycles. The van der Waals surface area contributed by atoms with Gasteiger partial charge in [0.1, 0.15) is 5.01 Å². The van der Waals surface area contributed by atoms with Gasteiger partial charge in [-0.15, -0.1) is 11.3 Å². The summed E-state index contributed by atoms with van der Waals surface area (Å²) in [5, 5.41) is 8.90. The molecule has 21 heavy (non-hydrogen) atoms. The molecule has 0 aliphatic carbocycles. The Hall–Kier alpha value is -1.53. The highest BCUT2D eigenvalue weighted by molar-refractivity contribution is 7.80. The molecule has 0 saturated carbocycles. The fourth-order valence-corrected chi connectivity index (χ4v) is 2.78. The lowest BCUT2D eigenvalue weighted by Gasteiger charge is -2.08. The zero-order chi connectivity index (χ0) is 15.2. The maximum Gasteiger partial charge on any atom is 0.186 e. The van der Waals surface area contributed by atoms with Crippen molar-refractivity contribution in [1.82, 2.24) is 15.7 Å². The average molecular weight is 320 g/mol. The second-order valence-corrected chi connectivity index (χ2v) is 6.67. The van der Waals surface area contributed by atoms with E-state index in [-0.39, 0.29) is 0 Å². The second kappa shape index (κ2) is 7.47. The van der Waals surface area contributed by atoms with Crippen LogP contribution in [-0.4, -0.2) is 22.4 Å². The molecule has 0 atom stereocenters. The molecule has 1 aromatic carbocycles. The van der Waals surface area contributed by atoms with Crippen LogP contribution in [0.25, 0.3) is 10.2 Å². The molecule has 2 N–H and O–H groups in total. The van der Waals surface area contributed by atoms with Gasteiger partial charge in [0, 0.05) is 6.54 Å². The Kier molecular flexibility index (Phi) is 5.64. The summed E-state index contributed by atoms with van der Waals surface area (Å²) in [6.07, 6.45) is 1.09. The van der Waals surface area contributed by atoms with Crippen LogP contribution in [0, 0.1) is 5.92 Å². The predicted octanol–water partition coefficient (Wildman–Crippen LogP) is 3.53. The van der Waals surface area contributed by atoms with Gasteiger partial charge in [0.05, 0.1) is 15.9 Å². The smallest absolute Gasteiger partial charge is 0.186 e. The summed E-state index contributed by atoms with van der Waals surface area (Å²) < 4.78 is 1.17. The number of hydrogen-bond donors (Lipinski definition) is 2. The van der Waals surface area contributed by atoms with Crippen LogP contribution in [0.1, 0.15) is 32.2 Å². The van der Waals surface area contributed by atoms with E-state index in [9.17, 15) is 0 Å². The lowest BCUT2D eigenvalue weighted by molar-refractivity contribution is 0.576. The molecule has 0 spiro atoms. The van der Waals surface area contributed by atoms with Crippen LogP contribution in [0.3, 0.4) is 0 Å². The largest absolute Gasteiger partial charge is 0.361 e. The van der Waals surface area contributed by atoms with Gasteiger partial charge in [-0.05, 0) is 43.6 Å². The number of nitrogens with one attached hydrogen (secondary N) is 2. The minimum absolute atomic E-state index is 0.552. The van der Waals surface area contributed by atoms with Crippen molar-refractivity contribution in [2.24, 2.45) is 11.0 Å². The molecule has 6 heteroatoms. The normalized spacial score (nSPS) is 11.9. The van der Waals surface area contributed by atoms with Crippen LogP contribution in [0.4, 0.5) is 0 Å². The average Bonchev–Trinajstić information content (AvgIpc) is 2.88. The first-order valence-electron chi connectivity index (χ1n) is 7.00. The molecule has 0 aliphatic heterocycles. The third-order valence-electron chi connectivity index (χ3n) is 2.94. The summed E-state index contributed by atoms with van der Waals surface area (Å²) in [6, 6.07) is 8.08. The second-order valence-electron chi connectivity index (χ2n) is 5.23. The van der Waals surface area contributed by atoms with Gasteiger partial charge in [0.15, 0.2) is 5.11 Å². The molecule has 4 nitrogen and oxygen atoms in total. The van der Waals surface area contributed by atoms with Gasteiger partial charge in [-0.25, -0.2) is 4.98 Å². The summed E-state index contributed by atoms with van der Waals surface area (Å²) >= 11 is 6.83. The number of thiocarbonyl (C=S) groups is 1. The van der Waals surface area contributed by atoms with Crippen molar-refractivity contribution in [3.05, 3.63) is 29.3 Å². The Morgan fingerprint density at radius 1 is 1.38 bits per heavy atom. The van der Waals surface area contributed by atoms with Crippen molar-refractivity contribution in [2.75, 3.05) is 6.54 Å². The van der Waals surface area contributed by atoms with Crippen LogP contribution in [-0.2, 0) is 0 Å². The molecule has 2 aromatic rings. The Balaban J connectivity index is 1.92. The van der Waals surface area contributed by atoms with Crippen molar-refractivity contribution in [3.8, 4) is 0 Å². The van der Waals surface area contributed by atoms with Crippen molar-refractivity contribution in [3.63, 3.8) is 0 Å². The van der Waals surface area contributed by atoms with Gasteiger partial charge >= 0.3 is 0 Å². The molecule has 0 bridgehead atoms. The molecule has 0 fully saturated rings. The first-order chi connectivity index (χ1) is 10.1. The van der Waals surface area contributed by atoms with Gasteiger partial charge in [0.25, 0.3) is 0 Å². The highest BCUT2D eigenvalue weighted by atomic mass is 32.1. The molecule has 0 aliphatic rings. The molecule has 1 aromatic heterocycles. The third kappa shape index (κ3) is 4.75. The Morgan fingerprint density at radius 3 is 2.86 bits per heavy atom. The number of rotatable bonds is 5. The lowest BCUT2D eigenvalue weighted by Crippen LogP contribution is -2.33. The molecule has 1 heterocycles. The van der Waals surface area contributed by atoms with E-state index in [0.29, 0.717) is 11.0 Å². The van der Waals surface area contributed by atoms with Gasteiger partial charge in [-0.3, -0.25) is 5.43 Å². The predicted molar refractivity (Wildman–Crippen MR) is 95.0 cm³/mol. The van der Waals surface area contributed by atoms with E-state index < -0.39 is 0 Å². The molecule has 0 unspecified atom stereocenters. The van der Waals surface area contributed by atoms with Crippen LogP contribution < -0.4 is 10.7 Å². The maximum atomic E-state index is 5.19. The fourth-order valence-electron chi connectivity index (χ4n) is 1.72. The molecular formula is C15H20N4S2. The summed E-state index contributed by atoms with van der Waals surface area (Å²) in [7, 11) is 0. The molecule has 0 amide bonds. The number of hydrazone groups is 1. The van der Waals surface area contributed by atoms with Crippen molar-refractivity contribution in [2.45, 2.75) is 27.2 Å². The van der Waals surface area contributed by atoms with E-state index in [2.05, 4.69) is 40.7 Å². The van der Waals surface area contributed by atoms with Gasteiger partial charge in [0.2, 0.25) is 0 Å². The van der Waals surface area contributed by atoms with Crippen LogP contribution in [0.15, 0.2) is 29.4 Å². The van der Waals surface area contributed by atoms with Crippen LogP contribution >= 0.6 is 23.6 Å². The number of benzene rings is 1. The third-order valence-corrected chi connectivity index (χ3v) is 4.32. The summed E-state index contributed by atoms with van der Waals surface area (Å²) in [5.74, 6) is 0.660. The van der Waals surface area contributed by atoms with Crippen molar-refractivity contribution < 1.29 is 0 Å². The van der Waals surface area contributed by atoms with E-state index in [1.807, 2.05) is 25.1 Å². The summed E-state index contributed by atoms with van der Waals surface area (Å²) in [4.78, 5) is 4.56. The molecule has 2 rings (SSSR count). The monoisotopic (exact) mass is 320 g/mol. The van der Waals surface area contributed by atoms with E-state index in [0.717, 1.165) is 29.2 Å². The summed E-state index contributed by atoms with van der Waals surface area (Å²) in [5.41, 5.74) is 4.72. The topological polar surface area (TPSA) is 49.3 Å². The Bertz CT molecular complexity index is 613. The number of thiazole rings is 1. The summed E-state index contributed by atoms with van der Waals surface area (Å²) in [6.45, 7) is 7.17. The van der Waals surface area contributed by atoms with Gasteiger partial charge in [-0.1, -0.05) is 26.0 Å². The number of para-hydroxylation sites is 1. The van der Waals surface area contributed by atoms with E-state index in [1.54, 1.807) is 11.3 Å². The van der Waals surface area contributed by atoms with Crippen molar-refractivity contribution in [1.29, 1.82) is 0 Å². The number of nitrogens with zero attached hydrogens (tertiary/aromatic N) is 2. The minimum Gasteiger partial charge on any atom is -0.361 e. The van der Waals surface area contributed by atoms with E-state index in [4.69, 9.17) is 12.2 Å². The standard InChI is InChI=1S/C15H20N4S2/c1-10(2)8-9-16-15(20)19-18-11(3)14-17-12-6-4-5-7-13(12)21-14/h4-7,10H,8-9H2,1-3H3,(H2,16,19,20)/b18-11-. The molecule has 112 valence electrons.